The molecular formula is C12H21NO4. The van der Waals surface area contributed by atoms with Crippen molar-refractivity contribution in [1.82, 2.24) is 5.32 Å². The van der Waals surface area contributed by atoms with E-state index in [4.69, 9.17) is 10.2 Å². The molecule has 17 heavy (non-hydrogen) atoms. The summed E-state index contributed by atoms with van der Waals surface area (Å²) in [4.78, 5) is 23.1. The Morgan fingerprint density at radius 3 is 2.24 bits per heavy atom. The number of aliphatic carboxylic acids is 1. The summed E-state index contributed by atoms with van der Waals surface area (Å²) in [7, 11) is 0. The van der Waals surface area contributed by atoms with Crippen LogP contribution in [0, 0.1) is 11.8 Å². The number of carboxylic acids is 1. The summed E-state index contributed by atoms with van der Waals surface area (Å²) in [5.74, 6) is -2.20. The molecule has 1 amide bonds. The number of hydrogen-bond donors (Lipinski definition) is 3. The molecule has 0 bridgehead atoms. The lowest BCUT2D eigenvalue weighted by atomic mass is 9.78. The van der Waals surface area contributed by atoms with Gasteiger partial charge in [0.25, 0.3) is 0 Å². The minimum absolute atomic E-state index is 0.163. The standard InChI is InChI=1S/C12H21NO4/c1-12(2,7-14)13-10(15)8-5-3-4-6-9(8)11(16)17/h8-9,14H,3-7H2,1-2H3,(H,13,15)(H,16,17). The average Bonchev–Trinajstić information content (AvgIpc) is 2.28. The molecule has 5 heteroatoms. The number of nitrogens with one attached hydrogen (secondary N) is 1. The van der Waals surface area contributed by atoms with Crippen LogP contribution in [0.2, 0.25) is 0 Å². The lowest BCUT2D eigenvalue weighted by Crippen LogP contribution is -2.51. The number of aliphatic hydroxyl groups excluding tert-OH is 1. The molecule has 0 aromatic carbocycles. The zero-order chi connectivity index (χ0) is 13.1. The molecule has 5 nitrogen and oxygen atoms in total. The topological polar surface area (TPSA) is 86.6 Å². The van der Waals surface area contributed by atoms with Gasteiger partial charge in [-0.05, 0) is 26.7 Å². The Kier molecular flexibility index (Phi) is 4.51. The lowest BCUT2D eigenvalue weighted by molar-refractivity contribution is -0.149. The quantitative estimate of drug-likeness (QED) is 0.680. The molecule has 1 rings (SSSR count). The van der Waals surface area contributed by atoms with Crippen LogP contribution in [0.4, 0.5) is 0 Å². The van der Waals surface area contributed by atoms with Gasteiger partial charge in [-0.2, -0.15) is 0 Å². The van der Waals surface area contributed by atoms with Gasteiger partial charge >= 0.3 is 5.97 Å². The summed E-state index contributed by atoms with van der Waals surface area (Å²) in [5.41, 5.74) is -0.697. The van der Waals surface area contributed by atoms with Crippen molar-refractivity contribution in [3.8, 4) is 0 Å². The summed E-state index contributed by atoms with van der Waals surface area (Å²) in [6.45, 7) is 3.26. The van der Waals surface area contributed by atoms with Crippen molar-refractivity contribution in [2.24, 2.45) is 11.8 Å². The monoisotopic (exact) mass is 243 g/mol. The van der Waals surface area contributed by atoms with E-state index in [1.165, 1.54) is 0 Å². The molecule has 3 N–H and O–H groups in total. The minimum Gasteiger partial charge on any atom is -0.481 e. The first-order valence-corrected chi connectivity index (χ1v) is 6.03. The van der Waals surface area contributed by atoms with Crippen LogP contribution in [0.3, 0.4) is 0 Å². The molecule has 0 heterocycles. The number of hydrogen-bond acceptors (Lipinski definition) is 3. The van der Waals surface area contributed by atoms with Crippen molar-refractivity contribution in [3.05, 3.63) is 0 Å². The van der Waals surface area contributed by atoms with Crippen LogP contribution in [-0.2, 0) is 9.59 Å². The van der Waals surface area contributed by atoms with Crippen molar-refractivity contribution >= 4 is 11.9 Å². The second kappa shape index (κ2) is 5.49. The summed E-state index contributed by atoms with van der Waals surface area (Å²) in [6, 6.07) is 0. The zero-order valence-electron chi connectivity index (χ0n) is 10.4. The van der Waals surface area contributed by atoms with Gasteiger partial charge in [-0.15, -0.1) is 0 Å². The number of carbonyl (C=O) groups is 2. The van der Waals surface area contributed by atoms with Gasteiger partial charge in [0, 0.05) is 0 Å². The van der Waals surface area contributed by atoms with E-state index in [9.17, 15) is 9.59 Å². The van der Waals surface area contributed by atoms with E-state index in [0.29, 0.717) is 12.8 Å². The maximum atomic E-state index is 12.0. The number of carboxylic acid groups (broad SMARTS) is 1. The van der Waals surface area contributed by atoms with Crippen molar-refractivity contribution in [3.63, 3.8) is 0 Å². The number of amides is 1. The van der Waals surface area contributed by atoms with Crippen LogP contribution >= 0.6 is 0 Å². The molecule has 98 valence electrons. The predicted octanol–water partition coefficient (Wildman–Crippen LogP) is 0.764. The molecular weight excluding hydrogens is 222 g/mol. The third-order valence-electron chi connectivity index (χ3n) is 3.28. The van der Waals surface area contributed by atoms with Gasteiger partial charge < -0.3 is 15.5 Å². The predicted molar refractivity (Wildman–Crippen MR) is 62.4 cm³/mol. The summed E-state index contributed by atoms with van der Waals surface area (Å²) in [5, 5.41) is 20.9. The third-order valence-corrected chi connectivity index (χ3v) is 3.28. The molecule has 1 aliphatic rings. The molecule has 0 aromatic heterocycles. The Hall–Kier alpha value is -1.10. The number of aliphatic hydroxyl groups is 1. The molecule has 1 fully saturated rings. The van der Waals surface area contributed by atoms with E-state index < -0.39 is 23.3 Å². The molecule has 0 spiro atoms. The number of rotatable bonds is 4. The fourth-order valence-electron chi connectivity index (χ4n) is 2.21. The van der Waals surface area contributed by atoms with Crippen molar-refractivity contribution in [2.45, 2.75) is 45.1 Å². The molecule has 0 saturated heterocycles. The largest absolute Gasteiger partial charge is 0.481 e. The molecule has 0 aromatic rings. The molecule has 1 saturated carbocycles. The van der Waals surface area contributed by atoms with Crippen LogP contribution in [0.1, 0.15) is 39.5 Å². The highest BCUT2D eigenvalue weighted by molar-refractivity contribution is 5.85. The average molecular weight is 243 g/mol. The van der Waals surface area contributed by atoms with Gasteiger partial charge in [-0.25, -0.2) is 0 Å². The Balaban J connectivity index is 2.69. The number of carbonyl (C=O) groups excluding carboxylic acids is 1. The molecule has 0 radical (unpaired) electrons. The Bertz CT molecular complexity index is 301. The molecule has 2 atom stereocenters. The first kappa shape index (κ1) is 14.0. The molecule has 2 unspecified atom stereocenters. The fraction of sp³-hybridized carbons (Fsp3) is 0.833. The van der Waals surface area contributed by atoms with Gasteiger partial charge in [0.1, 0.15) is 0 Å². The van der Waals surface area contributed by atoms with Crippen molar-refractivity contribution in [1.29, 1.82) is 0 Å². The Labute approximate surface area is 101 Å². The van der Waals surface area contributed by atoms with Gasteiger partial charge in [0.05, 0.1) is 24.0 Å². The van der Waals surface area contributed by atoms with Crippen molar-refractivity contribution < 1.29 is 19.8 Å². The van der Waals surface area contributed by atoms with E-state index in [1.54, 1.807) is 13.8 Å². The van der Waals surface area contributed by atoms with Gasteiger partial charge in [0.2, 0.25) is 5.91 Å². The highest BCUT2D eigenvalue weighted by Gasteiger charge is 2.37. The van der Waals surface area contributed by atoms with E-state index in [-0.39, 0.29) is 12.5 Å². The Morgan fingerprint density at radius 1 is 1.24 bits per heavy atom. The molecule has 1 aliphatic carbocycles. The van der Waals surface area contributed by atoms with E-state index in [1.807, 2.05) is 0 Å². The van der Waals surface area contributed by atoms with Crippen LogP contribution in [-0.4, -0.2) is 34.2 Å². The summed E-state index contributed by atoms with van der Waals surface area (Å²) in [6.07, 6.45) is 2.93. The second-order valence-corrected chi connectivity index (χ2v) is 5.37. The highest BCUT2D eigenvalue weighted by atomic mass is 16.4. The van der Waals surface area contributed by atoms with E-state index >= 15 is 0 Å². The van der Waals surface area contributed by atoms with Gasteiger partial charge in [0.15, 0.2) is 0 Å². The maximum Gasteiger partial charge on any atom is 0.307 e. The van der Waals surface area contributed by atoms with Crippen LogP contribution < -0.4 is 5.32 Å². The third kappa shape index (κ3) is 3.70. The maximum absolute atomic E-state index is 12.0. The first-order chi connectivity index (χ1) is 7.87. The first-order valence-electron chi connectivity index (χ1n) is 6.03. The van der Waals surface area contributed by atoms with Crippen LogP contribution in [0.25, 0.3) is 0 Å². The zero-order valence-corrected chi connectivity index (χ0v) is 10.4. The minimum atomic E-state index is -0.897. The summed E-state index contributed by atoms with van der Waals surface area (Å²) >= 11 is 0. The van der Waals surface area contributed by atoms with Crippen LogP contribution in [0.5, 0.6) is 0 Å². The van der Waals surface area contributed by atoms with E-state index in [0.717, 1.165) is 12.8 Å². The molecule has 0 aliphatic heterocycles. The van der Waals surface area contributed by atoms with E-state index in [2.05, 4.69) is 5.32 Å². The summed E-state index contributed by atoms with van der Waals surface area (Å²) < 4.78 is 0. The van der Waals surface area contributed by atoms with Crippen LogP contribution in [0.15, 0.2) is 0 Å². The second-order valence-electron chi connectivity index (χ2n) is 5.37. The highest BCUT2D eigenvalue weighted by Crippen LogP contribution is 2.30. The Morgan fingerprint density at radius 2 is 1.76 bits per heavy atom. The van der Waals surface area contributed by atoms with Gasteiger partial charge in [-0.1, -0.05) is 12.8 Å². The lowest BCUT2D eigenvalue weighted by Gasteiger charge is -2.31. The SMILES string of the molecule is CC(C)(CO)NC(=O)C1CCCCC1C(=O)O. The normalized spacial score (nSPS) is 25.4. The van der Waals surface area contributed by atoms with Gasteiger partial charge in [-0.3, -0.25) is 9.59 Å². The fourth-order valence-corrected chi connectivity index (χ4v) is 2.21. The smallest absolute Gasteiger partial charge is 0.307 e. The van der Waals surface area contributed by atoms with Crippen molar-refractivity contribution in [2.75, 3.05) is 6.61 Å².